The average Bonchev–Trinajstić information content (AvgIpc) is 2.78. The first-order valence-corrected chi connectivity index (χ1v) is 9.17. The Bertz CT molecular complexity index is 785. The summed E-state index contributed by atoms with van der Waals surface area (Å²) in [6.45, 7) is 0.451. The van der Waals surface area contributed by atoms with Crippen LogP contribution in [0.25, 0.3) is 0 Å². The van der Waals surface area contributed by atoms with E-state index >= 15 is 0 Å². The number of thioether (sulfide) groups is 1. The lowest BCUT2D eigenvalue weighted by Gasteiger charge is -2.35. The summed E-state index contributed by atoms with van der Waals surface area (Å²) in [5.74, 6) is 1.34. The van der Waals surface area contributed by atoms with Gasteiger partial charge in [-0.15, -0.1) is 0 Å². The maximum Gasteiger partial charge on any atom is 0.175 e. The maximum absolute atomic E-state index is 11.3. The van der Waals surface area contributed by atoms with E-state index in [-0.39, 0.29) is 6.04 Å². The third-order valence-electron chi connectivity index (χ3n) is 4.25. The first-order valence-electron chi connectivity index (χ1n) is 7.78. The minimum Gasteiger partial charge on any atom is -0.366 e. The van der Waals surface area contributed by atoms with Crippen molar-refractivity contribution in [2.75, 3.05) is 12.3 Å². The second-order valence-electron chi connectivity index (χ2n) is 5.88. The SMILES string of the molecule is OC1(c2ccccc2)CSC(=S)N1CC1=NC2C=CC=CC(=C2)N1. The highest BCUT2D eigenvalue weighted by atomic mass is 32.2. The molecular weight excluding hydrogens is 338 g/mol. The molecule has 2 heterocycles. The molecule has 0 saturated carbocycles. The van der Waals surface area contributed by atoms with Gasteiger partial charge in [-0.3, -0.25) is 4.99 Å². The molecule has 3 aliphatic rings. The van der Waals surface area contributed by atoms with E-state index in [4.69, 9.17) is 17.2 Å². The number of fused-ring (bicyclic) bond motifs is 1. The normalized spacial score (nSPS) is 28.3. The standard InChI is InChI=1S/C18H17N3OS2/c22-18(13-6-2-1-3-7-13)12-24-17(23)21(18)11-16-19-14-8-4-5-9-15(10-14)20-16/h1-10,14,22H,11-12H2,(H,19,20). The smallest absolute Gasteiger partial charge is 0.175 e. The Balaban J connectivity index is 1.61. The second-order valence-corrected chi connectivity index (χ2v) is 7.49. The van der Waals surface area contributed by atoms with Gasteiger partial charge in [0.2, 0.25) is 0 Å². The molecule has 6 heteroatoms. The molecule has 1 saturated heterocycles. The van der Waals surface area contributed by atoms with Crippen LogP contribution in [0, 0.1) is 0 Å². The molecule has 2 unspecified atom stereocenters. The molecule has 2 bridgehead atoms. The van der Waals surface area contributed by atoms with Crippen LogP contribution in [0.4, 0.5) is 0 Å². The lowest BCUT2D eigenvalue weighted by Crippen LogP contribution is -2.49. The van der Waals surface area contributed by atoms with Gasteiger partial charge in [0.25, 0.3) is 0 Å². The van der Waals surface area contributed by atoms with Crippen molar-refractivity contribution in [3.05, 3.63) is 72.0 Å². The van der Waals surface area contributed by atoms with Crippen LogP contribution in [0.5, 0.6) is 0 Å². The quantitative estimate of drug-likeness (QED) is 0.816. The number of benzene rings is 1. The summed E-state index contributed by atoms with van der Waals surface area (Å²) in [5, 5.41) is 14.6. The summed E-state index contributed by atoms with van der Waals surface area (Å²) in [6.07, 6.45) is 10.1. The third-order valence-corrected chi connectivity index (χ3v) is 5.84. The number of rotatable bonds is 3. The highest BCUT2D eigenvalue weighted by molar-refractivity contribution is 8.23. The molecule has 2 aliphatic heterocycles. The fraction of sp³-hybridized carbons (Fsp3) is 0.222. The van der Waals surface area contributed by atoms with E-state index in [0.717, 1.165) is 17.1 Å². The molecule has 4 rings (SSSR count). The predicted molar refractivity (Wildman–Crippen MR) is 103 cm³/mol. The summed E-state index contributed by atoms with van der Waals surface area (Å²) < 4.78 is 0.694. The Morgan fingerprint density at radius 3 is 3.00 bits per heavy atom. The Hall–Kier alpha value is -1.89. The fourth-order valence-electron chi connectivity index (χ4n) is 3.01. The van der Waals surface area contributed by atoms with Gasteiger partial charge in [0.1, 0.15) is 10.2 Å². The Morgan fingerprint density at radius 1 is 1.33 bits per heavy atom. The van der Waals surface area contributed by atoms with E-state index in [9.17, 15) is 5.11 Å². The number of thiocarbonyl (C=S) groups is 1. The van der Waals surface area contributed by atoms with Crippen LogP contribution in [0.1, 0.15) is 5.56 Å². The summed E-state index contributed by atoms with van der Waals surface area (Å²) in [4.78, 5) is 6.56. The van der Waals surface area contributed by atoms with Gasteiger partial charge in [-0.25, -0.2) is 0 Å². The average molecular weight is 355 g/mol. The molecule has 2 N–H and O–H groups in total. The number of amidine groups is 1. The molecule has 1 fully saturated rings. The van der Waals surface area contributed by atoms with Crippen LogP contribution < -0.4 is 5.32 Å². The monoisotopic (exact) mass is 355 g/mol. The summed E-state index contributed by atoms with van der Waals surface area (Å²) in [5.41, 5.74) is 0.775. The molecule has 2 atom stereocenters. The first-order chi connectivity index (χ1) is 11.6. The van der Waals surface area contributed by atoms with E-state index in [0.29, 0.717) is 16.6 Å². The number of hydrogen-bond donors (Lipinski definition) is 2. The van der Waals surface area contributed by atoms with Crippen LogP contribution in [0.3, 0.4) is 0 Å². The number of hydrogen-bond acceptors (Lipinski definition) is 5. The van der Waals surface area contributed by atoms with Gasteiger partial charge in [-0.1, -0.05) is 72.5 Å². The summed E-state index contributed by atoms with van der Waals surface area (Å²) in [6, 6.07) is 9.71. The van der Waals surface area contributed by atoms with Crippen LogP contribution in [-0.4, -0.2) is 38.5 Å². The lowest BCUT2D eigenvalue weighted by molar-refractivity contribution is -0.0394. The van der Waals surface area contributed by atoms with Gasteiger partial charge in [0.15, 0.2) is 5.72 Å². The molecular formula is C18H17N3OS2. The zero-order valence-corrected chi connectivity index (χ0v) is 14.6. The molecule has 122 valence electrons. The van der Waals surface area contributed by atoms with Gasteiger partial charge in [0, 0.05) is 11.3 Å². The first kappa shape index (κ1) is 15.6. The zero-order valence-electron chi connectivity index (χ0n) is 12.9. The second kappa shape index (κ2) is 6.20. The van der Waals surface area contributed by atoms with Gasteiger partial charge in [-0.2, -0.15) is 0 Å². The number of aliphatic hydroxyl groups is 1. The Labute approximate surface area is 150 Å². The highest BCUT2D eigenvalue weighted by Crippen LogP contribution is 2.38. The fourth-order valence-corrected chi connectivity index (χ4v) is 4.42. The van der Waals surface area contributed by atoms with Crippen molar-refractivity contribution in [2.45, 2.75) is 11.8 Å². The van der Waals surface area contributed by atoms with Gasteiger partial charge >= 0.3 is 0 Å². The maximum atomic E-state index is 11.3. The largest absolute Gasteiger partial charge is 0.366 e. The van der Waals surface area contributed by atoms with Gasteiger partial charge < -0.3 is 15.3 Å². The van der Waals surface area contributed by atoms with Crippen molar-refractivity contribution in [1.82, 2.24) is 10.2 Å². The molecule has 24 heavy (non-hydrogen) atoms. The third kappa shape index (κ3) is 2.81. The Kier molecular flexibility index (Phi) is 4.04. The molecule has 0 aromatic heterocycles. The molecule has 4 nitrogen and oxygen atoms in total. The van der Waals surface area contributed by atoms with Gasteiger partial charge in [-0.05, 0) is 12.2 Å². The molecule has 0 radical (unpaired) electrons. The topological polar surface area (TPSA) is 47.9 Å². The number of nitrogens with zero attached hydrogens (tertiary/aromatic N) is 2. The molecule has 1 aromatic carbocycles. The summed E-state index contributed by atoms with van der Waals surface area (Å²) in [7, 11) is 0. The lowest BCUT2D eigenvalue weighted by atomic mass is 10.0. The molecule has 0 spiro atoms. The molecule has 1 aromatic rings. The predicted octanol–water partition coefficient (Wildman–Crippen LogP) is 2.55. The van der Waals surface area contributed by atoms with Crippen molar-refractivity contribution in [3.63, 3.8) is 0 Å². The van der Waals surface area contributed by atoms with Crippen LogP contribution in [-0.2, 0) is 5.72 Å². The minimum atomic E-state index is -1.10. The van der Waals surface area contributed by atoms with Crippen molar-refractivity contribution in [3.8, 4) is 0 Å². The molecule has 1 aliphatic carbocycles. The zero-order chi connectivity index (χ0) is 16.6. The van der Waals surface area contributed by atoms with E-state index in [1.165, 1.54) is 11.8 Å². The van der Waals surface area contributed by atoms with E-state index in [1.54, 1.807) is 0 Å². The molecule has 0 amide bonds. The van der Waals surface area contributed by atoms with Gasteiger partial charge in [0.05, 0.1) is 18.3 Å². The van der Waals surface area contributed by atoms with Crippen molar-refractivity contribution in [1.29, 1.82) is 0 Å². The number of allylic oxidation sites excluding steroid dienone is 3. The van der Waals surface area contributed by atoms with Crippen LogP contribution in [0.2, 0.25) is 0 Å². The highest BCUT2D eigenvalue weighted by Gasteiger charge is 2.44. The van der Waals surface area contributed by atoms with E-state index < -0.39 is 5.72 Å². The van der Waals surface area contributed by atoms with E-state index in [1.807, 2.05) is 59.5 Å². The van der Waals surface area contributed by atoms with Crippen LogP contribution >= 0.6 is 24.0 Å². The number of nitrogens with one attached hydrogen (secondary N) is 1. The van der Waals surface area contributed by atoms with Crippen molar-refractivity contribution >= 4 is 34.1 Å². The van der Waals surface area contributed by atoms with Crippen molar-refractivity contribution in [2.24, 2.45) is 4.99 Å². The minimum absolute atomic E-state index is 0.0277. The summed E-state index contributed by atoms with van der Waals surface area (Å²) >= 11 is 6.99. The number of aliphatic imine (C=N–C) groups is 1. The van der Waals surface area contributed by atoms with E-state index in [2.05, 4.69) is 11.4 Å². The Morgan fingerprint density at radius 2 is 2.17 bits per heavy atom. The van der Waals surface area contributed by atoms with Crippen molar-refractivity contribution < 1.29 is 5.11 Å². The van der Waals surface area contributed by atoms with Crippen LogP contribution in [0.15, 0.2) is 71.4 Å².